The summed E-state index contributed by atoms with van der Waals surface area (Å²) in [4.78, 5) is 13.9. The molecule has 1 atom stereocenters. The van der Waals surface area contributed by atoms with Crippen LogP contribution in [-0.4, -0.2) is 12.0 Å². The van der Waals surface area contributed by atoms with Crippen LogP contribution in [0.3, 0.4) is 0 Å². The third-order valence-electron chi connectivity index (χ3n) is 3.69. The molecule has 0 fully saturated rings. The highest BCUT2D eigenvalue weighted by atomic mass is 35.5. The van der Waals surface area contributed by atoms with E-state index in [1.807, 2.05) is 50.4 Å². The summed E-state index contributed by atoms with van der Waals surface area (Å²) in [5.41, 5.74) is 4.40. The number of aromatic amines is 1. The van der Waals surface area contributed by atoms with Crippen molar-refractivity contribution in [1.82, 2.24) is 10.3 Å². The van der Waals surface area contributed by atoms with Crippen LogP contribution >= 0.6 is 11.6 Å². The second-order valence-electron chi connectivity index (χ2n) is 4.95. The summed E-state index contributed by atoms with van der Waals surface area (Å²) in [5, 5.41) is 4.02. The topological polar surface area (TPSA) is 58.0 Å². The zero-order valence-corrected chi connectivity index (χ0v) is 12.5. The van der Waals surface area contributed by atoms with Gasteiger partial charge in [-0.25, -0.2) is 4.79 Å². The number of H-pyrrole nitrogens is 1. The minimum atomic E-state index is -0.443. The van der Waals surface area contributed by atoms with E-state index >= 15 is 0 Å². The summed E-state index contributed by atoms with van der Waals surface area (Å²) < 4.78 is 5.13. The second-order valence-corrected chi connectivity index (χ2v) is 5.35. The third kappa shape index (κ3) is 2.48. The van der Waals surface area contributed by atoms with Gasteiger partial charge in [0.2, 0.25) is 0 Å². The Morgan fingerprint density at radius 2 is 2.10 bits per heavy atom. The first kappa shape index (κ1) is 13.9. The lowest BCUT2D eigenvalue weighted by molar-refractivity contribution is 0.554. The summed E-state index contributed by atoms with van der Waals surface area (Å²) in [6.07, 6.45) is 0. The van der Waals surface area contributed by atoms with E-state index in [2.05, 4.69) is 10.3 Å². The first-order chi connectivity index (χ1) is 10.1. The molecule has 5 heteroatoms. The largest absolute Gasteiger partial charge is 0.417 e. The highest BCUT2D eigenvalue weighted by Gasteiger charge is 2.16. The quantitative estimate of drug-likeness (QED) is 0.779. The lowest BCUT2D eigenvalue weighted by atomic mass is 9.95. The van der Waals surface area contributed by atoms with Gasteiger partial charge >= 0.3 is 5.76 Å². The number of nitrogens with one attached hydrogen (secondary N) is 2. The smallest absolute Gasteiger partial charge is 0.408 e. The molecule has 3 aromatic rings. The summed E-state index contributed by atoms with van der Waals surface area (Å²) in [6.45, 7) is 2.00. The van der Waals surface area contributed by atoms with Crippen LogP contribution in [-0.2, 0) is 0 Å². The van der Waals surface area contributed by atoms with Crippen molar-refractivity contribution in [1.29, 1.82) is 0 Å². The summed E-state index contributed by atoms with van der Waals surface area (Å²) in [6, 6.07) is 11.5. The first-order valence-electron chi connectivity index (χ1n) is 6.65. The predicted octanol–water partition coefficient (Wildman–Crippen LogP) is 3.39. The van der Waals surface area contributed by atoms with Crippen LogP contribution in [0.5, 0.6) is 0 Å². The van der Waals surface area contributed by atoms with E-state index in [0.29, 0.717) is 11.1 Å². The van der Waals surface area contributed by atoms with E-state index in [4.69, 9.17) is 16.0 Å². The SMILES string of the molecule is CNC(c1ccc2[nH]c(=O)oc2c1)c1cccc(Cl)c1C. The molecule has 0 spiro atoms. The summed E-state index contributed by atoms with van der Waals surface area (Å²) in [5.74, 6) is -0.443. The van der Waals surface area contributed by atoms with Crippen molar-refractivity contribution < 1.29 is 4.42 Å². The highest BCUT2D eigenvalue weighted by Crippen LogP contribution is 2.29. The molecular formula is C16H15ClN2O2. The maximum absolute atomic E-state index is 11.3. The molecule has 0 aliphatic carbocycles. The van der Waals surface area contributed by atoms with Gasteiger partial charge in [0.25, 0.3) is 0 Å². The van der Waals surface area contributed by atoms with Crippen molar-refractivity contribution in [3.63, 3.8) is 0 Å². The zero-order chi connectivity index (χ0) is 15.0. The Balaban J connectivity index is 2.13. The van der Waals surface area contributed by atoms with E-state index in [9.17, 15) is 4.79 Å². The first-order valence-corrected chi connectivity index (χ1v) is 7.03. The van der Waals surface area contributed by atoms with Crippen LogP contribution in [0.25, 0.3) is 11.1 Å². The number of halogens is 1. The fourth-order valence-electron chi connectivity index (χ4n) is 2.58. The van der Waals surface area contributed by atoms with E-state index < -0.39 is 5.76 Å². The van der Waals surface area contributed by atoms with Crippen LogP contribution in [0.1, 0.15) is 22.7 Å². The van der Waals surface area contributed by atoms with E-state index in [1.165, 1.54) is 0 Å². The molecule has 1 aromatic heterocycles. The number of rotatable bonds is 3. The van der Waals surface area contributed by atoms with Gasteiger partial charge in [-0.1, -0.05) is 29.8 Å². The van der Waals surface area contributed by atoms with Crippen molar-refractivity contribution in [3.8, 4) is 0 Å². The molecule has 0 radical (unpaired) electrons. The average Bonchev–Trinajstić information content (AvgIpc) is 2.83. The molecule has 1 unspecified atom stereocenters. The van der Waals surface area contributed by atoms with E-state index in [1.54, 1.807) is 0 Å². The van der Waals surface area contributed by atoms with Crippen LogP contribution in [0, 0.1) is 6.92 Å². The monoisotopic (exact) mass is 302 g/mol. The highest BCUT2D eigenvalue weighted by molar-refractivity contribution is 6.31. The minimum Gasteiger partial charge on any atom is -0.408 e. The van der Waals surface area contributed by atoms with Crippen molar-refractivity contribution in [2.45, 2.75) is 13.0 Å². The lowest BCUT2D eigenvalue weighted by Gasteiger charge is -2.20. The normalized spacial score (nSPS) is 12.7. The van der Waals surface area contributed by atoms with Gasteiger partial charge in [0.1, 0.15) is 0 Å². The Morgan fingerprint density at radius 1 is 1.29 bits per heavy atom. The van der Waals surface area contributed by atoms with Crippen LogP contribution in [0.4, 0.5) is 0 Å². The Bertz CT molecular complexity index is 851. The van der Waals surface area contributed by atoms with Crippen LogP contribution in [0.2, 0.25) is 5.02 Å². The Labute approximate surface area is 126 Å². The maximum atomic E-state index is 11.3. The standard InChI is InChI=1S/C16H15ClN2O2/c1-9-11(4-3-5-12(9)17)15(18-2)10-6-7-13-14(8-10)21-16(20)19-13/h3-8,15,18H,1-2H3,(H,19,20). The molecule has 0 aliphatic rings. The molecule has 21 heavy (non-hydrogen) atoms. The number of fused-ring (bicyclic) bond motifs is 1. The molecule has 3 rings (SSSR count). The van der Waals surface area contributed by atoms with Gasteiger partial charge in [-0.3, -0.25) is 4.98 Å². The fourth-order valence-corrected chi connectivity index (χ4v) is 2.76. The Hall–Kier alpha value is -2.04. The maximum Gasteiger partial charge on any atom is 0.417 e. The van der Waals surface area contributed by atoms with Gasteiger partial charge in [-0.2, -0.15) is 0 Å². The number of oxazole rings is 1. The van der Waals surface area contributed by atoms with Gasteiger partial charge in [0, 0.05) is 5.02 Å². The van der Waals surface area contributed by atoms with Gasteiger partial charge < -0.3 is 9.73 Å². The lowest BCUT2D eigenvalue weighted by Crippen LogP contribution is -2.18. The van der Waals surface area contributed by atoms with Gasteiger partial charge in [0.05, 0.1) is 11.6 Å². The molecule has 0 aliphatic heterocycles. The van der Waals surface area contributed by atoms with Crippen molar-refractivity contribution in [2.24, 2.45) is 0 Å². The number of hydrogen-bond donors (Lipinski definition) is 2. The molecule has 2 aromatic carbocycles. The van der Waals surface area contributed by atoms with E-state index in [-0.39, 0.29) is 6.04 Å². The second kappa shape index (κ2) is 5.39. The Morgan fingerprint density at radius 3 is 2.86 bits per heavy atom. The Kier molecular flexibility index (Phi) is 3.57. The molecule has 1 heterocycles. The number of hydrogen-bond acceptors (Lipinski definition) is 3. The number of aromatic nitrogens is 1. The van der Waals surface area contributed by atoms with E-state index in [0.717, 1.165) is 21.7 Å². The fraction of sp³-hybridized carbons (Fsp3) is 0.188. The van der Waals surface area contributed by atoms with Crippen LogP contribution in [0.15, 0.2) is 45.6 Å². The molecular weight excluding hydrogens is 288 g/mol. The number of benzene rings is 2. The molecule has 2 N–H and O–H groups in total. The van der Waals surface area contributed by atoms with Crippen molar-refractivity contribution >= 4 is 22.7 Å². The predicted molar refractivity (Wildman–Crippen MR) is 83.9 cm³/mol. The molecule has 4 nitrogen and oxygen atoms in total. The minimum absolute atomic E-state index is 0.0201. The zero-order valence-electron chi connectivity index (χ0n) is 11.7. The van der Waals surface area contributed by atoms with Gasteiger partial charge in [-0.15, -0.1) is 0 Å². The molecule has 0 saturated heterocycles. The molecule has 0 bridgehead atoms. The summed E-state index contributed by atoms with van der Waals surface area (Å²) in [7, 11) is 1.89. The molecule has 0 amide bonds. The van der Waals surface area contributed by atoms with Crippen molar-refractivity contribution in [3.05, 3.63) is 68.7 Å². The van der Waals surface area contributed by atoms with Crippen LogP contribution < -0.4 is 11.1 Å². The average molecular weight is 303 g/mol. The van der Waals surface area contributed by atoms with Crippen molar-refractivity contribution in [2.75, 3.05) is 7.05 Å². The molecule has 108 valence electrons. The van der Waals surface area contributed by atoms with Gasteiger partial charge in [-0.05, 0) is 48.9 Å². The third-order valence-corrected chi connectivity index (χ3v) is 4.10. The van der Waals surface area contributed by atoms with Gasteiger partial charge in [0.15, 0.2) is 5.58 Å². The molecule has 0 saturated carbocycles. The summed E-state index contributed by atoms with van der Waals surface area (Å²) >= 11 is 6.21.